The number of nitrogens with zero attached hydrogens (tertiary/aromatic N) is 1. The van der Waals surface area contributed by atoms with Gasteiger partial charge < -0.3 is 23.9 Å². The number of hydrogen-bond donors (Lipinski definition) is 0. The maximum atomic E-state index is 9.89. The average Bonchev–Trinajstić information content (AvgIpc) is 2.59. The molecule has 0 aromatic heterocycles. The van der Waals surface area contributed by atoms with Crippen molar-refractivity contribution in [1.82, 2.24) is 4.90 Å². The molecule has 0 radical (unpaired) electrons. The summed E-state index contributed by atoms with van der Waals surface area (Å²) in [7, 11) is 1.48. The molecule has 0 N–H and O–H groups in total. The molecule has 0 aromatic rings. The Morgan fingerprint density at radius 2 is 1.35 bits per heavy atom. The Morgan fingerprint density at radius 3 is 1.43 bits per heavy atom. The van der Waals surface area contributed by atoms with Crippen LogP contribution in [0.15, 0.2) is 0 Å². The molecule has 0 atom stereocenters. The summed E-state index contributed by atoms with van der Waals surface area (Å²) in [6, 6.07) is 0. The fourth-order valence-corrected chi connectivity index (χ4v) is 0.943. The molecule has 0 saturated carbocycles. The number of unbranched alkanes of at least 4 members (excludes halogenated alkanes) is 2. The minimum Gasteiger partial charge on any atom is -0.377 e. The molecule has 0 spiro atoms. The number of carbonyl (C=O) groups is 4. The number of carbonyl (C=O) groups excluding carboxylic acids is 4. The highest BCUT2D eigenvalue weighted by atomic mass is 16.5. The highest BCUT2D eigenvalue weighted by molar-refractivity contribution is 5.51. The largest absolute Gasteiger partial charge is 0.377 e. The molecule has 138 valence electrons. The van der Waals surface area contributed by atoms with Gasteiger partial charge in [-0.05, 0) is 19.5 Å². The lowest BCUT2D eigenvalue weighted by atomic mass is 10.3. The van der Waals surface area contributed by atoms with E-state index < -0.39 is 0 Å². The summed E-state index contributed by atoms with van der Waals surface area (Å²) in [5, 5.41) is 0. The van der Waals surface area contributed by atoms with Crippen LogP contribution in [-0.2, 0) is 23.9 Å². The molecular weight excluding hydrogens is 298 g/mol. The Balaban J connectivity index is -0.000000108. The highest BCUT2D eigenvalue weighted by Crippen LogP contribution is 1.87. The van der Waals surface area contributed by atoms with E-state index in [1.54, 1.807) is 0 Å². The monoisotopic (exact) mass is 333 g/mol. The van der Waals surface area contributed by atoms with Crippen molar-refractivity contribution in [3.63, 3.8) is 0 Å². The van der Waals surface area contributed by atoms with Crippen LogP contribution in [0.5, 0.6) is 0 Å². The lowest BCUT2D eigenvalue weighted by Crippen LogP contribution is -2.24. The van der Waals surface area contributed by atoms with Gasteiger partial charge in [0.05, 0.1) is 6.54 Å². The molecule has 0 aromatic carbocycles. The summed E-state index contributed by atoms with van der Waals surface area (Å²) in [5.41, 5.74) is 0. The van der Waals surface area contributed by atoms with Gasteiger partial charge in [-0.3, -0.25) is 4.90 Å². The van der Waals surface area contributed by atoms with E-state index in [1.165, 1.54) is 7.11 Å². The van der Waals surface area contributed by atoms with E-state index in [0.29, 0.717) is 19.3 Å². The first-order valence-electron chi connectivity index (χ1n) is 8.05. The van der Waals surface area contributed by atoms with E-state index >= 15 is 0 Å². The zero-order chi connectivity index (χ0) is 18.8. The standard InChI is InChI=1S/C6H13NO.C5H10O.C3H6O2.C3H6O/c1-3-7(4-2)5-6-8;1-2-3-4-5-6;1-5-3-2-4;1-2-3-4/h6H,3-5H2,1-2H3;5H,2-4H2,1H3;2H,3H2,1H3;3H,2H2,1H3. The van der Waals surface area contributed by atoms with Crippen LogP contribution in [0.4, 0.5) is 0 Å². The van der Waals surface area contributed by atoms with Gasteiger partial charge in [-0.1, -0.05) is 34.1 Å². The molecule has 0 aliphatic carbocycles. The molecule has 0 fully saturated rings. The van der Waals surface area contributed by atoms with Crippen LogP contribution in [0, 0.1) is 0 Å². The Morgan fingerprint density at radius 1 is 0.826 bits per heavy atom. The van der Waals surface area contributed by atoms with Gasteiger partial charge in [0, 0.05) is 20.0 Å². The lowest BCUT2D eigenvalue weighted by Gasteiger charge is -2.12. The van der Waals surface area contributed by atoms with Crippen LogP contribution < -0.4 is 0 Å². The van der Waals surface area contributed by atoms with Gasteiger partial charge in [-0.15, -0.1) is 0 Å². The fraction of sp³-hybridized carbons (Fsp3) is 0.765. The Kier molecular flexibility index (Phi) is 47.8. The fourth-order valence-electron chi connectivity index (χ4n) is 0.943. The van der Waals surface area contributed by atoms with E-state index in [1.807, 2.05) is 20.8 Å². The minimum atomic E-state index is 0.208. The minimum absolute atomic E-state index is 0.208. The van der Waals surface area contributed by atoms with E-state index in [-0.39, 0.29) is 6.61 Å². The van der Waals surface area contributed by atoms with E-state index in [9.17, 15) is 19.2 Å². The van der Waals surface area contributed by atoms with Crippen molar-refractivity contribution in [1.29, 1.82) is 0 Å². The molecular formula is C17H35NO5. The predicted octanol–water partition coefficient (Wildman–Crippen LogP) is 2.33. The zero-order valence-electron chi connectivity index (χ0n) is 15.5. The van der Waals surface area contributed by atoms with Gasteiger partial charge in [0.2, 0.25) is 0 Å². The molecule has 23 heavy (non-hydrogen) atoms. The lowest BCUT2D eigenvalue weighted by molar-refractivity contribution is -0.111. The van der Waals surface area contributed by atoms with Gasteiger partial charge in [0.15, 0.2) is 0 Å². The molecule has 0 saturated heterocycles. The van der Waals surface area contributed by atoms with E-state index in [2.05, 4.69) is 16.6 Å². The number of hydrogen-bond acceptors (Lipinski definition) is 6. The van der Waals surface area contributed by atoms with Crippen molar-refractivity contribution in [2.24, 2.45) is 0 Å². The van der Waals surface area contributed by atoms with Gasteiger partial charge in [-0.2, -0.15) is 0 Å². The third-order valence-corrected chi connectivity index (χ3v) is 2.30. The van der Waals surface area contributed by atoms with Crippen LogP contribution in [-0.4, -0.2) is 63.4 Å². The third kappa shape index (κ3) is 53.0. The summed E-state index contributed by atoms with van der Waals surface area (Å²) < 4.78 is 4.32. The summed E-state index contributed by atoms with van der Waals surface area (Å²) in [6.07, 6.45) is 7.02. The molecule has 0 bridgehead atoms. The van der Waals surface area contributed by atoms with Crippen LogP contribution in [0.25, 0.3) is 0 Å². The summed E-state index contributed by atoms with van der Waals surface area (Å²) in [6.45, 7) is 10.7. The maximum Gasteiger partial charge on any atom is 0.145 e. The van der Waals surface area contributed by atoms with Crippen LogP contribution in [0.3, 0.4) is 0 Å². The van der Waals surface area contributed by atoms with Crippen molar-refractivity contribution in [2.75, 3.05) is 33.4 Å². The highest BCUT2D eigenvalue weighted by Gasteiger charge is 1.93. The quantitative estimate of drug-likeness (QED) is 0.451. The van der Waals surface area contributed by atoms with E-state index in [4.69, 9.17) is 0 Å². The first kappa shape index (κ1) is 29.6. The number of likely N-dealkylation sites (N-methyl/N-ethyl adjacent to an activating group) is 1. The number of aldehydes is 4. The molecule has 0 rings (SSSR count). The number of methoxy groups -OCH3 is 1. The summed E-state index contributed by atoms with van der Waals surface area (Å²) in [4.78, 5) is 40.0. The van der Waals surface area contributed by atoms with Crippen molar-refractivity contribution in [3.8, 4) is 0 Å². The van der Waals surface area contributed by atoms with Crippen LogP contribution in [0.1, 0.15) is 53.4 Å². The topological polar surface area (TPSA) is 80.8 Å². The SMILES string of the molecule is CCC=O.CCCCC=O.CCN(CC)CC=O.COCC=O. The molecule has 0 unspecified atom stereocenters. The molecule has 0 amide bonds. The van der Waals surface area contributed by atoms with E-state index in [0.717, 1.165) is 51.2 Å². The summed E-state index contributed by atoms with van der Waals surface area (Å²) >= 11 is 0. The normalized spacial score (nSPS) is 8.26. The van der Waals surface area contributed by atoms with Gasteiger partial charge in [-0.25, -0.2) is 0 Å². The van der Waals surface area contributed by atoms with Crippen LogP contribution in [0.2, 0.25) is 0 Å². The second-order valence-corrected chi connectivity index (χ2v) is 4.16. The zero-order valence-corrected chi connectivity index (χ0v) is 15.5. The first-order valence-corrected chi connectivity index (χ1v) is 8.05. The molecule has 0 aliphatic heterocycles. The Bertz CT molecular complexity index is 231. The van der Waals surface area contributed by atoms with Crippen molar-refractivity contribution < 1.29 is 23.9 Å². The Labute approximate surface area is 141 Å². The van der Waals surface area contributed by atoms with Gasteiger partial charge in [0.25, 0.3) is 0 Å². The Hall–Kier alpha value is -1.40. The average molecular weight is 333 g/mol. The van der Waals surface area contributed by atoms with Crippen molar-refractivity contribution in [2.45, 2.75) is 53.4 Å². The van der Waals surface area contributed by atoms with Crippen molar-refractivity contribution in [3.05, 3.63) is 0 Å². The second kappa shape index (κ2) is 37.1. The third-order valence-electron chi connectivity index (χ3n) is 2.30. The van der Waals surface area contributed by atoms with Crippen LogP contribution >= 0.6 is 0 Å². The first-order chi connectivity index (χ1) is 11.1. The molecule has 0 heterocycles. The van der Waals surface area contributed by atoms with Crippen molar-refractivity contribution >= 4 is 25.1 Å². The molecule has 6 nitrogen and oxygen atoms in total. The summed E-state index contributed by atoms with van der Waals surface area (Å²) in [5.74, 6) is 0. The second-order valence-electron chi connectivity index (χ2n) is 4.16. The predicted molar refractivity (Wildman–Crippen MR) is 93.7 cm³/mol. The number of ether oxygens (including phenoxy) is 1. The van der Waals surface area contributed by atoms with Gasteiger partial charge >= 0.3 is 0 Å². The smallest absolute Gasteiger partial charge is 0.145 e. The number of rotatable bonds is 10. The van der Waals surface area contributed by atoms with Gasteiger partial charge in [0.1, 0.15) is 31.8 Å². The molecule has 6 heteroatoms. The maximum absolute atomic E-state index is 9.89. The molecule has 0 aliphatic rings.